The third kappa shape index (κ3) is 6.37. The summed E-state index contributed by atoms with van der Waals surface area (Å²) in [7, 11) is 1.25. The number of esters is 2. The van der Waals surface area contributed by atoms with Crippen molar-refractivity contribution >= 4 is 41.0 Å². The highest BCUT2D eigenvalue weighted by Gasteiger charge is 2.36. The third-order valence-electron chi connectivity index (χ3n) is 4.97. The Labute approximate surface area is 198 Å². The molecule has 3 amide bonds. The predicted octanol–water partition coefficient (Wildman–Crippen LogP) is 1.06. The number of methoxy groups -OCH3 is 1. The van der Waals surface area contributed by atoms with E-state index < -0.39 is 47.1 Å². The van der Waals surface area contributed by atoms with Crippen LogP contribution in [0.5, 0.6) is 0 Å². The molecule has 0 bridgehead atoms. The first-order valence-corrected chi connectivity index (χ1v) is 10.2. The first-order valence-electron chi connectivity index (χ1n) is 10.2. The van der Waals surface area contributed by atoms with Crippen molar-refractivity contribution in [3.05, 3.63) is 69.8 Å². The number of non-ortho nitro benzene ring substituents is 1. The van der Waals surface area contributed by atoms with Gasteiger partial charge in [-0.15, -0.1) is 0 Å². The predicted molar refractivity (Wildman–Crippen MR) is 118 cm³/mol. The molecule has 1 saturated heterocycles. The van der Waals surface area contributed by atoms with Crippen molar-refractivity contribution in [2.75, 3.05) is 25.6 Å². The van der Waals surface area contributed by atoms with Gasteiger partial charge in [0.1, 0.15) is 0 Å². The van der Waals surface area contributed by atoms with E-state index in [4.69, 9.17) is 4.74 Å². The Morgan fingerprint density at radius 1 is 1.06 bits per heavy atom. The minimum atomic E-state index is -0.896. The number of rotatable bonds is 8. The fourth-order valence-corrected chi connectivity index (χ4v) is 3.15. The number of nitrogens with zero attached hydrogens (tertiary/aromatic N) is 2. The number of carbonyl (C=O) groups is 5. The van der Waals surface area contributed by atoms with E-state index in [1.54, 1.807) is 0 Å². The lowest BCUT2D eigenvalue weighted by Gasteiger charge is -2.17. The fraction of sp³-hybridized carbons (Fsp3) is 0.227. The molecule has 2 N–H and O–H groups in total. The quantitative estimate of drug-likeness (QED) is 0.315. The molecule has 0 spiro atoms. The maximum atomic E-state index is 12.3. The average molecular weight is 484 g/mol. The standard InChI is InChI=1S/C22H20N4O9/c1-34-21(30)14-2-6-16(7-3-14)23-18(27)12-35-22(31)15-10-19(28)25(11-15)24-20(29)13-4-8-17(9-5-13)26(32)33/h2-9,15H,10-12H2,1H3,(H,23,27)(H,24,29)/t15-/m0/s1. The van der Waals surface area contributed by atoms with Crippen LogP contribution in [0.2, 0.25) is 0 Å². The van der Waals surface area contributed by atoms with E-state index in [1.165, 1.54) is 43.5 Å². The van der Waals surface area contributed by atoms with Crippen LogP contribution in [0.4, 0.5) is 11.4 Å². The van der Waals surface area contributed by atoms with Crippen LogP contribution >= 0.6 is 0 Å². The van der Waals surface area contributed by atoms with Gasteiger partial charge in [0.2, 0.25) is 5.91 Å². The molecule has 3 rings (SSSR count). The Hall–Kier alpha value is -4.81. The molecular formula is C22H20N4O9. The number of nitrogens with one attached hydrogen (secondary N) is 2. The van der Waals surface area contributed by atoms with Crippen molar-refractivity contribution in [2.45, 2.75) is 6.42 Å². The number of nitro benzene ring substituents is 1. The van der Waals surface area contributed by atoms with Crippen molar-refractivity contribution in [3.8, 4) is 0 Å². The van der Waals surface area contributed by atoms with E-state index in [-0.39, 0.29) is 24.2 Å². The Bertz CT molecular complexity index is 1160. The van der Waals surface area contributed by atoms with Crippen molar-refractivity contribution in [1.82, 2.24) is 10.4 Å². The number of nitro groups is 1. The second-order valence-corrected chi connectivity index (χ2v) is 7.38. The zero-order valence-corrected chi connectivity index (χ0v) is 18.4. The van der Waals surface area contributed by atoms with Crippen LogP contribution in [0.1, 0.15) is 27.1 Å². The van der Waals surface area contributed by atoms with Crippen LogP contribution in [0.3, 0.4) is 0 Å². The van der Waals surface area contributed by atoms with Gasteiger partial charge in [-0.2, -0.15) is 0 Å². The molecule has 13 nitrogen and oxygen atoms in total. The lowest BCUT2D eigenvalue weighted by Crippen LogP contribution is -2.43. The number of anilines is 1. The lowest BCUT2D eigenvalue weighted by atomic mass is 10.1. The molecule has 0 aliphatic carbocycles. The van der Waals surface area contributed by atoms with Gasteiger partial charge in [0.15, 0.2) is 6.61 Å². The summed E-state index contributed by atoms with van der Waals surface area (Å²) in [5.41, 5.74) is 2.91. The van der Waals surface area contributed by atoms with Gasteiger partial charge in [0.05, 0.1) is 30.1 Å². The normalized spacial score (nSPS) is 14.7. The van der Waals surface area contributed by atoms with Crippen molar-refractivity contribution < 1.29 is 38.4 Å². The number of amides is 3. The third-order valence-corrected chi connectivity index (χ3v) is 4.97. The van der Waals surface area contributed by atoms with E-state index in [2.05, 4.69) is 15.5 Å². The van der Waals surface area contributed by atoms with E-state index in [9.17, 15) is 34.1 Å². The summed E-state index contributed by atoms with van der Waals surface area (Å²) in [6.45, 7) is -0.759. The number of hydrazine groups is 1. The molecule has 2 aromatic carbocycles. The van der Waals surface area contributed by atoms with Gasteiger partial charge >= 0.3 is 11.9 Å². The largest absolute Gasteiger partial charge is 0.465 e. The second kappa shape index (κ2) is 10.9. The summed E-state index contributed by atoms with van der Waals surface area (Å²) in [6.07, 6.45) is -0.226. The fourth-order valence-electron chi connectivity index (χ4n) is 3.15. The summed E-state index contributed by atoms with van der Waals surface area (Å²) < 4.78 is 9.57. The number of ether oxygens (including phenoxy) is 2. The molecule has 182 valence electrons. The van der Waals surface area contributed by atoms with Crippen LogP contribution in [-0.2, 0) is 23.9 Å². The summed E-state index contributed by atoms with van der Waals surface area (Å²) in [4.78, 5) is 70.3. The van der Waals surface area contributed by atoms with Gasteiger partial charge in [0, 0.05) is 29.8 Å². The Morgan fingerprint density at radius 3 is 2.29 bits per heavy atom. The van der Waals surface area contributed by atoms with Gasteiger partial charge in [-0.05, 0) is 36.4 Å². The summed E-state index contributed by atoms with van der Waals surface area (Å²) in [5.74, 6) is -4.05. The molecule has 1 aliphatic rings. The van der Waals surface area contributed by atoms with Crippen LogP contribution in [0.25, 0.3) is 0 Å². The molecule has 0 radical (unpaired) electrons. The van der Waals surface area contributed by atoms with E-state index in [0.29, 0.717) is 11.3 Å². The molecule has 0 unspecified atom stereocenters. The number of hydrogen-bond donors (Lipinski definition) is 2. The minimum Gasteiger partial charge on any atom is -0.465 e. The number of hydrogen-bond acceptors (Lipinski definition) is 9. The first-order chi connectivity index (χ1) is 16.7. The first kappa shape index (κ1) is 24.8. The monoisotopic (exact) mass is 484 g/mol. The van der Waals surface area contributed by atoms with Crippen LogP contribution in [-0.4, -0.2) is 59.9 Å². The van der Waals surface area contributed by atoms with Gasteiger partial charge in [-0.25, -0.2) is 4.79 Å². The van der Waals surface area contributed by atoms with Crippen molar-refractivity contribution in [2.24, 2.45) is 5.92 Å². The topological polar surface area (TPSA) is 174 Å². The second-order valence-electron chi connectivity index (χ2n) is 7.38. The summed E-state index contributed by atoms with van der Waals surface area (Å²) >= 11 is 0. The Morgan fingerprint density at radius 2 is 1.69 bits per heavy atom. The van der Waals surface area contributed by atoms with Crippen LogP contribution in [0.15, 0.2) is 48.5 Å². The maximum absolute atomic E-state index is 12.3. The molecule has 1 atom stereocenters. The molecule has 0 saturated carbocycles. The zero-order valence-electron chi connectivity index (χ0n) is 18.4. The minimum absolute atomic E-state index is 0.0886. The smallest absolute Gasteiger partial charge is 0.337 e. The van der Waals surface area contributed by atoms with E-state index >= 15 is 0 Å². The Kier molecular flexibility index (Phi) is 7.71. The molecular weight excluding hydrogens is 464 g/mol. The van der Waals surface area contributed by atoms with Gasteiger partial charge in [-0.3, -0.25) is 39.7 Å². The van der Waals surface area contributed by atoms with Crippen molar-refractivity contribution in [3.63, 3.8) is 0 Å². The van der Waals surface area contributed by atoms with E-state index in [1.807, 2.05) is 0 Å². The summed E-state index contributed by atoms with van der Waals surface area (Å²) in [6, 6.07) is 10.6. The van der Waals surface area contributed by atoms with E-state index in [0.717, 1.165) is 17.1 Å². The van der Waals surface area contributed by atoms with Crippen LogP contribution < -0.4 is 10.7 Å². The van der Waals surface area contributed by atoms with Crippen molar-refractivity contribution in [1.29, 1.82) is 0 Å². The molecule has 1 aliphatic heterocycles. The SMILES string of the molecule is COC(=O)c1ccc(NC(=O)COC(=O)[C@H]2CC(=O)N(NC(=O)c3ccc([N+](=O)[O-])cc3)C2)cc1. The van der Waals surface area contributed by atoms with Crippen LogP contribution in [0, 0.1) is 16.0 Å². The van der Waals surface area contributed by atoms with Gasteiger partial charge in [-0.1, -0.05) is 0 Å². The number of benzene rings is 2. The average Bonchev–Trinajstić information content (AvgIpc) is 3.22. The molecule has 2 aromatic rings. The highest BCUT2D eigenvalue weighted by atomic mass is 16.6. The summed E-state index contributed by atoms with van der Waals surface area (Å²) in [5, 5.41) is 14.2. The molecule has 1 heterocycles. The highest BCUT2D eigenvalue weighted by molar-refractivity contribution is 5.97. The molecule has 0 aromatic heterocycles. The lowest BCUT2D eigenvalue weighted by molar-refractivity contribution is -0.384. The molecule has 35 heavy (non-hydrogen) atoms. The Balaban J connectivity index is 1.46. The zero-order chi connectivity index (χ0) is 25.5. The number of carbonyl (C=O) groups excluding carboxylic acids is 5. The maximum Gasteiger partial charge on any atom is 0.337 e. The molecule has 1 fully saturated rings. The molecule has 13 heteroatoms. The van der Waals surface area contributed by atoms with Gasteiger partial charge < -0.3 is 14.8 Å². The van der Waals surface area contributed by atoms with Gasteiger partial charge in [0.25, 0.3) is 17.5 Å². The highest BCUT2D eigenvalue weighted by Crippen LogP contribution is 2.19.